The first kappa shape index (κ1) is 9.36. The van der Waals surface area contributed by atoms with E-state index in [4.69, 9.17) is 5.11 Å². The maximum Gasteiger partial charge on any atom is 0.208 e. The van der Waals surface area contributed by atoms with E-state index >= 15 is 0 Å². The van der Waals surface area contributed by atoms with Crippen LogP contribution in [0.5, 0.6) is 0 Å². The van der Waals surface area contributed by atoms with Crippen molar-refractivity contribution in [3.63, 3.8) is 0 Å². The van der Waals surface area contributed by atoms with Gasteiger partial charge < -0.3 is 5.11 Å². The molecule has 4 nitrogen and oxygen atoms in total. The first-order valence-electron chi connectivity index (χ1n) is 3.43. The van der Waals surface area contributed by atoms with Gasteiger partial charge in [-0.1, -0.05) is 13.3 Å². The third kappa shape index (κ3) is 4.26. The Morgan fingerprint density at radius 1 is 1.70 bits per heavy atom. The second kappa shape index (κ2) is 5.17. The first-order valence-corrected chi connectivity index (χ1v) is 3.43. The van der Waals surface area contributed by atoms with E-state index < -0.39 is 0 Å². The molecular formula is C6H13NO3. The molecule has 60 valence electrons. The number of nitro groups is 1. The fourth-order valence-corrected chi connectivity index (χ4v) is 0.859. The molecule has 1 atom stereocenters. The van der Waals surface area contributed by atoms with Gasteiger partial charge in [-0.25, -0.2) is 0 Å². The Morgan fingerprint density at radius 2 is 2.30 bits per heavy atom. The standard InChI is InChI=1S/C6H13NO3/c1-2-3-6(5-8)4-7(9)10/h6,8H,2-5H2,1H3. The van der Waals surface area contributed by atoms with Crippen molar-refractivity contribution in [2.24, 2.45) is 5.92 Å². The van der Waals surface area contributed by atoms with Gasteiger partial charge in [0.25, 0.3) is 0 Å². The third-order valence-electron chi connectivity index (χ3n) is 1.36. The zero-order chi connectivity index (χ0) is 7.98. The Kier molecular flexibility index (Phi) is 4.84. The van der Waals surface area contributed by atoms with Crippen LogP contribution in [-0.4, -0.2) is 23.2 Å². The van der Waals surface area contributed by atoms with Crippen LogP contribution in [0.25, 0.3) is 0 Å². The van der Waals surface area contributed by atoms with Gasteiger partial charge >= 0.3 is 0 Å². The zero-order valence-electron chi connectivity index (χ0n) is 6.12. The van der Waals surface area contributed by atoms with Crippen LogP contribution >= 0.6 is 0 Å². The Morgan fingerprint density at radius 3 is 2.60 bits per heavy atom. The highest BCUT2D eigenvalue weighted by molar-refractivity contribution is 4.53. The smallest absolute Gasteiger partial charge is 0.208 e. The molecule has 0 aliphatic rings. The maximum atomic E-state index is 9.94. The average molecular weight is 147 g/mol. The van der Waals surface area contributed by atoms with E-state index in [2.05, 4.69) is 0 Å². The quantitative estimate of drug-likeness (QED) is 0.459. The van der Waals surface area contributed by atoms with Crippen LogP contribution in [0.1, 0.15) is 19.8 Å². The minimum atomic E-state index is -0.378. The number of aliphatic hydroxyl groups excluding tert-OH is 1. The molecule has 0 aromatic heterocycles. The van der Waals surface area contributed by atoms with Gasteiger partial charge in [0.05, 0.1) is 6.61 Å². The van der Waals surface area contributed by atoms with Crippen LogP contribution in [0.15, 0.2) is 0 Å². The summed E-state index contributed by atoms with van der Waals surface area (Å²) in [5, 5.41) is 18.5. The van der Waals surface area contributed by atoms with Gasteiger partial charge in [-0.05, 0) is 6.42 Å². The summed E-state index contributed by atoms with van der Waals surface area (Å²) in [6, 6.07) is 0. The van der Waals surface area contributed by atoms with Gasteiger partial charge in [-0.2, -0.15) is 0 Å². The topological polar surface area (TPSA) is 63.4 Å². The average Bonchev–Trinajstić information content (AvgIpc) is 1.86. The molecule has 10 heavy (non-hydrogen) atoms. The molecule has 0 saturated carbocycles. The highest BCUT2D eigenvalue weighted by Crippen LogP contribution is 2.04. The molecule has 0 spiro atoms. The molecule has 0 bridgehead atoms. The second-order valence-corrected chi connectivity index (χ2v) is 2.35. The van der Waals surface area contributed by atoms with Crippen molar-refractivity contribution in [2.75, 3.05) is 13.2 Å². The van der Waals surface area contributed by atoms with Crippen molar-refractivity contribution < 1.29 is 10.0 Å². The summed E-state index contributed by atoms with van der Waals surface area (Å²) in [4.78, 5) is 9.56. The number of rotatable bonds is 5. The van der Waals surface area contributed by atoms with Crippen molar-refractivity contribution in [3.8, 4) is 0 Å². The van der Waals surface area contributed by atoms with E-state index in [0.717, 1.165) is 12.8 Å². The summed E-state index contributed by atoms with van der Waals surface area (Å²) in [7, 11) is 0. The number of hydrogen-bond donors (Lipinski definition) is 1. The van der Waals surface area contributed by atoms with Crippen LogP contribution in [0.3, 0.4) is 0 Å². The van der Waals surface area contributed by atoms with Crippen LogP contribution in [0.4, 0.5) is 0 Å². The van der Waals surface area contributed by atoms with Crippen molar-refractivity contribution in [3.05, 3.63) is 10.1 Å². The molecule has 0 aliphatic heterocycles. The van der Waals surface area contributed by atoms with Crippen LogP contribution in [0.2, 0.25) is 0 Å². The van der Waals surface area contributed by atoms with E-state index in [9.17, 15) is 10.1 Å². The lowest BCUT2D eigenvalue weighted by atomic mass is 10.1. The van der Waals surface area contributed by atoms with E-state index in [1.165, 1.54) is 0 Å². The molecule has 0 aromatic carbocycles. The molecule has 1 unspecified atom stereocenters. The minimum Gasteiger partial charge on any atom is -0.396 e. The predicted molar refractivity (Wildman–Crippen MR) is 37.3 cm³/mol. The summed E-state index contributed by atoms with van der Waals surface area (Å²) < 4.78 is 0. The molecule has 0 fully saturated rings. The number of nitrogens with zero attached hydrogens (tertiary/aromatic N) is 1. The summed E-state index contributed by atoms with van der Waals surface area (Å²) in [5.74, 6) is -0.153. The molecule has 0 saturated heterocycles. The lowest BCUT2D eigenvalue weighted by molar-refractivity contribution is -0.489. The molecule has 0 aliphatic carbocycles. The van der Waals surface area contributed by atoms with Gasteiger partial charge in [0.1, 0.15) is 0 Å². The fraction of sp³-hybridized carbons (Fsp3) is 1.00. The van der Waals surface area contributed by atoms with Gasteiger partial charge in [0.2, 0.25) is 6.54 Å². The van der Waals surface area contributed by atoms with Gasteiger partial charge in [-0.15, -0.1) is 0 Å². The van der Waals surface area contributed by atoms with Gasteiger partial charge in [-0.3, -0.25) is 10.1 Å². The SMILES string of the molecule is CCCC(CO)C[N+](=O)[O-]. The summed E-state index contributed by atoms with van der Waals surface area (Å²) in [6.45, 7) is 1.77. The molecular weight excluding hydrogens is 134 g/mol. The van der Waals surface area contributed by atoms with Crippen LogP contribution < -0.4 is 0 Å². The Bertz CT molecular complexity index is 105. The fourth-order valence-electron chi connectivity index (χ4n) is 0.859. The van der Waals surface area contributed by atoms with Crippen LogP contribution in [0, 0.1) is 16.0 Å². The van der Waals surface area contributed by atoms with Gasteiger partial charge in [0, 0.05) is 10.8 Å². The highest BCUT2D eigenvalue weighted by atomic mass is 16.6. The van der Waals surface area contributed by atoms with Crippen molar-refractivity contribution >= 4 is 0 Å². The highest BCUT2D eigenvalue weighted by Gasteiger charge is 2.11. The summed E-state index contributed by atoms with van der Waals surface area (Å²) in [6.07, 6.45) is 1.62. The van der Waals surface area contributed by atoms with Crippen molar-refractivity contribution in [1.29, 1.82) is 0 Å². The predicted octanol–water partition coefficient (Wildman–Crippen LogP) is 0.672. The molecule has 0 rings (SSSR count). The first-order chi connectivity index (χ1) is 4.70. The van der Waals surface area contributed by atoms with Crippen molar-refractivity contribution in [2.45, 2.75) is 19.8 Å². The van der Waals surface area contributed by atoms with E-state index in [1.807, 2.05) is 6.92 Å². The largest absolute Gasteiger partial charge is 0.396 e. The molecule has 4 heteroatoms. The Balaban J connectivity index is 3.49. The van der Waals surface area contributed by atoms with E-state index in [1.54, 1.807) is 0 Å². The normalized spacial score (nSPS) is 13.0. The lowest BCUT2D eigenvalue weighted by Gasteiger charge is -2.05. The third-order valence-corrected chi connectivity index (χ3v) is 1.36. The Hall–Kier alpha value is -0.640. The number of hydrogen-bond acceptors (Lipinski definition) is 3. The summed E-state index contributed by atoms with van der Waals surface area (Å²) >= 11 is 0. The van der Waals surface area contributed by atoms with E-state index in [-0.39, 0.29) is 24.0 Å². The minimum absolute atomic E-state index is 0.0746. The lowest BCUT2D eigenvalue weighted by Crippen LogP contribution is -2.17. The second-order valence-electron chi connectivity index (χ2n) is 2.35. The molecule has 1 N–H and O–H groups in total. The molecule has 0 radical (unpaired) electrons. The van der Waals surface area contributed by atoms with Crippen molar-refractivity contribution in [1.82, 2.24) is 0 Å². The number of aliphatic hydroxyl groups is 1. The van der Waals surface area contributed by atoms with Gasteiger partial charge in [0.15, 0.2) is 0 Å². The zero-order valence-corrected chi connectivity index (χ0v) is 6.12. The molecule has 0 amide bonds. The maximum absolute atomic E-state index is 9.94. The monoisotopic (exact) mass is 147 g/mol. The molecule has 0 aromatic rings. The summed E-state index contributed by atoms with van der Waals surface area (Å²) in [5.41, 5.74) is 0. The van der Waals surface area contributed by atoms with E-state index in [0.29, 0.717) is 0 Å². The van der Waals surface area contributed by atoms with Crippen LogP contribution in [-0.2, 0) is 0 Å². The Labute approximate surface area is 60.0 Å². The molecule has 0 heterocycles.